The van der Waals surface area contributed by atoms with Crippen molar-refractivity contribution in [3.8, 4) is 0 Å². The van der Waals surface area contributed by atoms with Crippen LogP contribution in [0.3, 0.4) is 0 Å². The summed E-state index contributed by atoms with van der Waals surface area (Å²) < 4.78 is 0. The van der Waals surface area contributed by atoms with Crippen LogP contribution < -0.4 is 5.32 Å². The SMILES string of the molecule is O=C(CC1C=CCC1)Nc1ccc(Cl)c([N+](=O)[O-])c1. The number of amides is 1. The molecule has 1 aliphatic rings. The molecule has 100 valence electrons. The molecule has 2 rings (SSSR count). The second-order valence-corrected chi connectivity index (χ2v) is 4.85. The Balaban J connectivity index is 2.02. The smallest absolute Gasteiger partial charge is 0.289 e. The van der Waals surface area contributed by atoms with Gasteiger partial charge in [-0.15, -0.1) is 0 Å². The molecule has 0 spiro atoms. The van der Waals surface area contributed by atoms with Gasteiger partial charge in [0.1, 0.15) is 5.02 Å². The van der Waals surface area contributed by atoms with Gasteiger partial charge in [0.15, 0.2) is 0 Å². The van der Waals surface area contributed by atoms with Gasteiger partial charge in [-0.05, 0) is 30.9 Å². The standard InChI is InChI=1S/C13H13ClN2O3/c14-11-6-5-10(8-12(11)16(18)19)15-13(17)7-9-3-1-2-4-9/h1,3,5-6,8-9H,2,4,7H2,(H,15,17). The number of carbonyl (C=O) groups excluding carboxylic acids is 1. The lowest BCUT2D eigenvalue weighted by atomic mass is 10.1. The summed E-state index contributed by atoms with van der Waals surface area (Å²) in [5.41, 5.74) is 0.184. The van der Waals surface area contributed by atoms with Crippen molar-refractivity contribution < 1.29 is 9.72 Å². The zero-order chi connectivity index (χ0) is 13.8. The lowest BCUT2D eigenvalue weighted by Gasteiger charge is -2.08. The normalized spacial score (nSPS) is 17.4. The maximum atomic E-state index is 11.8. The fourth-order valence-electron chi connectivity index (χ4n) is 2.05. The summed E-state index contributed by atoms with van der Waals surface area (Å²) in [4.78, 5) is 22.0. The number of allylic oxidation sites excluding steroid dienone is 2. The quantitative estimate of drug-likeness (QED) is 0.521. The van der Waals surface area contributed by atoms with Gasteiger partial charge in [0.2, 0.25) is 5.91 Å². The molecule has 1 unspecified atom stereocenters. The van der Waals surface area contributed by atoms with Gasteiger partial charge < -0.3 is 5.32 Å². The highest BCUT2D eigenvalue weighted by molar-refractivity contribution is 6.32. The summed E-state index contributed by atoms with van der Waals surface area (Å²) in [7, 11) is 0. The Bertz CT molecular complexity index is 543. The van der Waals surface area contributed by atoms with Crippen molar-refractivity contribution in [2.45, 2.75) is 19.3 Å². The topological polar surface area (TPSA) is 72.2 Å². The molecular weight excluding hydrogens is 268 g/mol. The number of carbonyl (C=O) groups is 1. The van der Waals surface area contributed by atoms with E-state index >= 15 is 0 Å². The van der Waals surface area contributed by atoms with E-state index in [0.717, 1.165) is 12.8 Å². The van der Waals surface area contributed by atoms with Crippen molar-refractivity contribution in [1.29, 1.82) is 0 Å². The number of benzene rings is 1. The average Bonchev–Trinajstić information content (AvgIpc) is 2.84. The van der Waals surface area contributed by atoms with Crippen LogP contribution in [0, 0.1) is 16.0 Å². The van der Waals surface area contributed by atoms with Crippen LogP contribution >= 0.6 is 11.6 Å². The van der Waals surface area contributed by atoms with Crippen LogP contribution in [0.5, 0.6) is 0 Å². The first-order valence-corrected chi connectivity index (χ1v) is 6.34. The van der Waals surface area contributed by atoms with E-state index < -0.39 is 4.92 Å². The number of nitro benzene ring substituents is 1. The van der Waals surface area contributed by atoms with E-state index in [2.05, 4.69) is 11.4 Å². The second kappa shape index (κ2) is 5.84. The molecule has 0 saturated carbocycles. The largest absolute Gasteiger partial charge is 0.326 e. The number of hydrogen-bond donors (Lipinski definition) is 1. The number of nitrogens with one attached hydrogen (secondary N) is 1. The number of nitro groups is 1. The Labute approximate surface area is 115 Å². The summed E-state index contributed by atoms with van der Waals surface area (Å²) in [5, 5.41) is 13.5. The highest BCUT2D eigenvalue weighted by atomic mass is 35.5. The molecule has 0 heterocycles. The molecule has 5 nitrogen and oxygen atoms in total. The molecular formula is C13H13ClN2O3. The fraction of sp³-hybridized carbons (Fsp3) is 0.308. The monoisotopic (exact) mass is 280 g/mol. The second-order valence-electron chi connectivity index (χ2n) is 4.44. The van der Waals surface area contributed by atoms with Crippen LogP contribution in [0.1, 0.15) is 19.3 Å². The van der Waals surface area contributed by atoms with E-state index in [1.165, 1.54) is 12.1 Å². The molecule has 6 heteroatoms. The summed E-state index contributed by atoms with van der Waals surface area (Å²) in [6.07, 6.45) is 6.47. The molecule has 1 aromatic carbocycles. The van der Waals surface area contributed by atoms with Gasteiger partial charge in [-0.1, -0.05) is 23.8 Å². The van der Waals surface area contributed by atoms with Crippen LogP contribution in [0.4, 0.5) is 11.4 Å². The highest BCUT2D eigenvalue weighted by Crippen LogP contribution is 2.28. The van der Waals surface area contributed by atoms with Crippen LogP contribution in [0.2, 0.25) is 5.02 Å². The third-order valence-corrected chi connectivity index (χ3v) is 3.31. The third kappa shape index (κ3) is 3.54. The van der Waals surface area contributed by atoms with E-state index in [4.69, 9.17) is 11.6 Å². The Kier molecular flexibility index (Phi) is 4.16. The first-order chi connectivity index (χ1) is 9.06. The molecule has 1 aliphatic carbocycles. The van der Waals surface area contributed by atoms with E-state index in [9.17, 15) is 14.9 Å². The Hall–Kier alpha value is -1.88. The van der Waals surface area contributed by atoms with Crippen LogP contribution in [-0.2, 0) is 4.79 Å². The van der Waals surface area contributed by atoms with E-state index in [1.54, 1.807) is 6.07 Å². The Morgan fingerprint density at radius 2 is 2.32 bits per heavy atom. The predicted molar refractivity (Wildman–Crippen MR) is 73.2 cm³/mol. The maximum absolute atomic E-state index is 11.8. The zero-order valence-electron chi connectivity index (χ0n) is 10.1. The molecule has 0 aromatic heterocycles. The first kappa shape index (κ1) is 13.5. The summed E-state index contributed by atoms with van der Waals surface area (Å²) in [6.45, 7) is 0. The van der Waals surface area contributed by atoms with Crippen molar-refractivity contribution in [3.63, 3.8) is 0 Å². The van der Waals surface area contributed by atoms with Gasteiger partial charge in [0.05, 0.1) is 4.92 Å². The van der Waals surface area contributed by atoms with E-state index in [1.807, 2.05) is 6.08 Å². The van der Waals surface area contributed by atoms with Crippen LogP contribution in [0.25, 0.3) is 0 Å². The van der Waals surface area contributed by atoms with Crippen LogP contribution in [-0.4, -0.2) is 10.8 Å². The number of nitrogens with zero attached hydrogens (tertiary/aromatic N) is 1. The van der Waals surface area contributed by atoms with E-state index in [-0.39, 0.29) is 22.5 Å². The van der Waals surface area contributed by atoms with Crippen LogP contribution in [0.15, 0.2) is 30.4 Å². The molecule has 0 aliphatic heterocycles. The average molecular weight is 281 g/mol. The minimum absolute atomic E-state index is 0.0572. The molecule has 1 N–H and O–H groups in total. The predicted octanol–water partition coefficient (Wildman–Crippen LogP) is 3.54. The Morgan fingerprint density at radius 3 is 2.95 bits per heavy atom. The lowest BCUT2D eigenvalue weighted by Crippen LogP contribution is -2.14. The molecule has 1 amide bonds. The fourth-order valence-corrected chi connectivity index (χ4v) is 2.23. The minimum atomic E-state index is -0.572. The molecule has 0 saturated heterocycles. The third-order valence-electron chi connectivity index (χ3n) is 2.99. The van der Waals surface area contributed by atoms with Crippen molar-refractivity contribution in [3.05, 3.63) is 45.5 Å². The highest BCUT2D eigenvalue weighted by Gasteiger charge is 2.16. The van der Waals surface area contributed by atoms with Crippen molar-refractivity contribution >= 4 is 28.9 Å². The molecule has 0 radical (unpaired) electrons. The first-order valence-electron chi connectivity index (χ1n) is 5.96. The number of rotatable bonds is 4. The van der Waals surface area contributed by atoms with Crippen molar-refractivity contribution in [2.75, 3.05) is 5.32 Å². The molecule has 19 heavy (non-hydrogen) atoms. The number of anilines is 1. The molecule has 1 aromatic rings. The summed E-state index contributed by atoms with van der Waals surface area (Å²) in [6, 6.07) is 4.23. The van der Waals surface area contributed by atoms with Crippen molar-refractivity contribution in [2.24, 2.45) is 5.92 Å². The molecule has 0 fully saturated rings. The summed E-state index contributed by atoms with van der Waals surface area (Å²) >= 11 is 5.70. The number of hydrogen-bond acceptors (Lipinski definition) is 3. The van der Waals surface area contributed by atoms with Gasteiger partial charge in [-0.3, -0.25) is 14.9 Å². The van der Waals surface area contributed by atoms with Gasteiger partial charge >= 0.3 is 0 Å². The zero-order valence-corrected chi connectivity index (χ0v) is 10.9. The summed E-state index contributed by atoms with van der Waals surface area (Å²) in [5.74, 6) is 0.121. The van der Waals surface area contributed by atoms with E-state index in [0.29, 0.717) is 12.1 Å². The van der Waals surface area contributed by atoms with Gasteiger partial charge in [0.25, 0.3) is 5.69 Å². The lowest BCUT2D eigenvalue weighted by molar-refractivity contribution is -0.384. The molecule has 0 bridgehead atoms. The minimum Gasteiger partial charge on any atom is -0.326 e. The van der Waals surface area contributed by atoms with Gasteiger partial charge in [-0.2, -0.15) is 0 Å². The van der Waals surface area contributed by atoms with Crippen molar-refractivity contribution in [1.82, 2.24) is 0 Å². The van der Waals surface area contributed by atoms with Gasteiger partial charge in [-0.25, -0.2) is 0 Å². The number of halogens is 1. The maximum Gasteiger partial charge on any atom is 0.289 e. The Morgan fingerprint density at radius 1 is 1.53 bits per heavy atom. The molecule has 1 atom stereocenters. The van der Waals surface area contributed by atoms with Gasteiger partial charge in [0, 0.05) is 18.2 Å².